The fraction of sp³-hybridized carbons (Fsp3) is 0.889. The number of hydrogen-bond donors (Lipinski definition) is 2. The first-order valence-electron chi connectivity index (χ1n) is 4.25. The maximum absolute atomic E-state index is 10.7. The molecule has 0 radical (unpaired) electrons. The van der Waals surface area contributed by atoms with Crippen LogP contribution in [0.4, 0.5) is 0 Å². The Balaban J connectivity index is 4.46. The minimum absolute atomic E-state index is 0.381. The highest BCUT2D eigenvalue weighted by Gasteiger charge is 2.33. The van der Waals surface area contributed by atoms with Crippen molar-refractivity contribution in [3.8, 4) is 0 Å². The van der Waals surface area contributed by atoms with Crippen LogP contribution >= 0.6 is 0 Å². The van der Waals surface area contributed by atoms with Crippen LogP contribution in [0.15, 0.2) is 0 Å². The molecule has 0 aliphatic rings. The van der Waals surface area contributed by atoms with Gasteiger partial charge in [0.25, 0.3) is 0 Å². The smallest absolute Gasteiger partial charge is 0.303 e. The number of carbonyl (C=O) groups excluding carboxylic acids is 1. The van der Waals surface area contributed by atoms with Crippen LogP contribution in [0.5, 0.6) is 0 Å². The van der Waals surface area contributed by atoms with Gasteiger partial charge in [-0.05, 0) is 0 Å². The summed E-state index contributed by atoms with van der Waals surface area (Å²) in [7, 11) is 0. The minimum atomic E-state index is -1.02. The average Bonchev–Trinajstić information content (AvgIpc) is 1.96. The molecule has 78 valence electrons. The average molecular weight is 190 g/mol. The molecule has 0 spiro atoms. The molecule has 0 bridgehead atoms. The largest absolute Gasteiger partial charge is 0.459 e. The van der Waals surface area contributed by atoms with Gasteiger partial charge in [0.15, 0.2) is 0 Å². The van der Waals surface area contributed by atoms with Gasteiger partial charge in [0, 0.05) is 12.3 Å². The Morgan fingerprint density at radius 2 is 1.92 bits per heavy atom. The van der Waals surface area contributed by atoms with Gasteiger partial charge in [0.2, 0.25) is 0 Å². The lowest BCUT2D eigenvalue weighted by molar-refractivity contribution is -0.163. The highest BCUT2D eigenvalue weighted by Crippen LogP contribution is 2.25. The van der Waals surface area contributed by atoms with E-state index in [1.165, 1.54) is 6.92 Å². The standard InChI is InChI=1S/C9H18O4/c1-6(11)13-8(7(12)5-10)9(2,3)4/h7-8,10,12H,5H2,1-4H3. The Bertz CT molecular complexity index is 171. The molecule has 0 rings (SSSR count). The van der Waals surface area contributed by atoms with E-state index in [9.17, 15) is 9.90 Å². The summed E-state index contributed by atoms with van der Waals surface area (Å²) < 4.78 is 4.92. The molecule has 13 heavy (non-hydrogen) atoms. The van der Waals surface area contributed by atoms with Crippen molar-refractivity contribution in [2.45, 2.75) is 39.9 Å². The van der Waals surface area contributed by atoms with Gasteiger partial charge < -0.3 is 14.9 Å². The molecule has 0 aromatic carbocycles. The zero-order valence-corrected chi connectivity index (χ0v) is 8.57. The number of esters is 1. The summed E-state index contributed by atoms with van der Waals surface area (Å²) >= 11 is 0. The molecule has 0 amide bonds. The van der Waals surface area contributed by atoms with Crippen LogP contribution < -0.4 is 0 Å². The predicted octanol–water partition coefficient (Wildman–Crippen LogP) is 0.317. The summed E-state index contributed by atoms with van der Waals surface area (Å²) in [5.74, 6) is -0.451. The van der Waals surface area contributed by atoms with Crippen molar-refractivity contribution < 1.29 is 19.7 Å². The predicted molar refractivity (Wildman–Crippen MR) is 48.1 cm³/mol. The van der Waals surface area contributed by atoms with Crippen LogP contribution in [0.1, 0.15) is 27.7 Å². The lowest BCUT2D eigenvalue weighted by atomic mass is 9.86. The number of rotatable bonds is 3. The van der Waals surface area contributed by atoms with Gasteiger partial charge in [-0.1, -0.05) is 20.8 Å². The Morgan fingerprint density at radius 1 is 1.46 bits per heavy atom. The quantitative estimate of drug-likeness (QED) is 0.629. The third-order valence-corrected chi connectivity index (χ3v) is 1.68. The Labute approximate surface area is 78.5 Å². The highest BCUT2D eigenvalue weighted by atomic mass is 16.6. The van der Waals surface area contributed by atoms with Crippen molar-refractivity contribution in [1.82, 2.24) is 0 Å². The van der Waals surface area contributed by atoms with Crippen molar-refractivity contribution in [2.24, 2.45) is 5.41 Å². The van der Waals surface area contributed by atoms with Crippen molar-refractivity contribution in [2.75, 3.05) is 6.61 Å². The van der Waals surface area contributed by atoms with Crippen LogP contribution in [0.25, 0.3) is 0 Å². The van der Waals surface area contributed by atoms with Crippen molar-refractivity contribution in [3.63, 3.8) is 0 Å². The molecule has 0 aromatic heterocycles. The van der Waals surface area contributed by atoms with Gasteiger partial charge in [-0.25, -0.2) is 0 Å². The second kappa shape index (κ2) is 4.58. The van der Waals surface area contributed by atoms with Gasteiger partial charge in [-0.3, -0.25) is 4.79 Å². The summed E-state index contributed by atoms with van der Waals surface area (Å²) in [6, 6.07) is 0. The maximum atomic E-state index is 10.7. The molecule has 0 heterocycles. The minimum Gasteiger partial charge on any atom is -0.459 e. The normalized spacial score (nSPS) is 16.5. The van der Waals surface area contributed by atoms with E-state index in [4.69, 9.17) is 9.84 Å². The van der Waals surface area contributed by atoms with E-state index in [2.05, 4.69) is 0 Å². The van der Waals surface area contributed by atoms with E-state index >= 15 is 0 Å². The number of aliphatic hydroxyl groups excluding tert-OH is 2. The first kappa shape index (κ1) is 12.4. The van der Waals surface area contributed by atoms with E-state index in [-0.39, 0.29) is 5.41 Å². The second-order valence-electron chi connectivity index (χ2n) is 4.15. The van der Waals surface area contributed by atoms with Gasteiger partial charge >= 0.3 is 5.97 Å². The monoisotopic (exact) mass is 190 g/mol. The Kier molecular flexibility index (Phi) is 4.36. The summed E-state index contributed by atoms with van der Waals surface area (Å²) in [5, 5.41) is 18.1. The van der Waals surface area contributed by atoms with Gasteiger partial charge in [-0.15, -0.1) is 0 Å². The van der Waals surface area contributed by atoms with Gasteiger partial charge in [-0.2, -0.15) is 0 Å². The van der Waals surface area contributed by atoms with Crippen molar-refractivity contribution in [1.29, 1.82) is 0 Å². The van der Waals surface area contributed by atoms with Crippen molar-refractivity contribution >= 4 is 5.97 Å². The molecule has 0 aromatic rings. The van der Waals surface area contributed by atoms with Crippen LogP contribution in [0.2, 0.25) is 0 Å². The van der Waals surface area contributed by atoms with E-state index in [0.29, 0.717) is 0 Å². The fourth-order valence-corrected chi connectivity index (χ4v) is 1.11. The maximum Gasteiger partial charge on any atom is 0.303 e. The SMILES string of the molecule is CC(=O)OC(C(O)CO)C(C)(C)C. The number of hydrogen-bond acceptors (Lipinski definition) is 4. The molecule has 0 saturated carbocycles. The molecule has 2 atom stereocenters. The molecule has 0 aliphatic carbocycles. The fourth-order valence-electron chi connectivity index (χ4n) is 1.11. The molecular weight excluding hydrogens is 172 g/mol. The van der Waals surface area contributed by atoms with Crippen LogP contribution in [0.3, 0.4) is 0 Å². The Hall–Kier alpha value is -0.610. The number of carbonyl (C=O) groups is 1. The van der Waals surface area contributed by atoms with Gasteiger partial charge in [0.1, 0.15) is 12.2 Å². The van der Waals surface area contributed by atoms with Crippen molar-refractivity contribution in [3.05, 3.63) is 0 Å². The third kappa shape index (κ3) is 4.24. The zero-order valence-electron chi connectivity index (χ0n) is 8.57. The summed E-state index contributed by atoms with van der Waals surface area (Å²) in [4.78, 5) is 10.7. The molecule has 4 heteroatoms. The Morgan fingerprint density at radius 3 is 2.15 bits per heavy atom. The number of aliphatic hydroxyl groups is 2. The van der Waals surface area contributed by atoms with E-state index < -0.39 is 24.8 Å². The summed E-state index contributed by atoms with van der Waals surface area (Å²) in [5.41, 5.74) is -0.381. The molecular formula is C9H18O4. The molecule has 2 N–H and O–H groups in total. The summed E-state index contributed by atoms with van der Waals surface area (Å²) in [6.07, 6.45) is -1.70. The summed E-state index contributed by atoms with van der Waals surface area (Å²) in [6.45, 7) is 6.37. The third-order valence-electron chi connectivity index (χ3n) is 1.68. The number of ether oxygens (including phenoxy) is 1. The lowest BCUT2D eigenvalue weighted by Crippen LogP contribution is -2.43. The zero-order chi connectivity index (χ0) is 10.6. The van der Waals surface area contributed by atoms with E-state index in [1.807, 2.05) is 20.8 Å². The van der Waals surface area contributed by atoms with Crippen LogP contribution in [-0.4, -0.2) is 35.0 Å². The molecule has 2 unspecified atom stereocenters. The van der Waals surface area contributed by atoms with Crippen LogP contribution in [0, 0.1) is 5.41 Å². The molecule has 4 nitrogen and oxygen atoms in total. The lowest BCUT2D eigenvalue weighted by Gasteiger charge is -2.32. The van der Waals surface area contributed by atoms with E-state index in [0.717, 1.165) is 0 Å². The van der Waals surface area contributed by atoms with Crippen LogP contribution in [-0.2, 0) is 9.53 Å². The van der Waals surface area contributed by atoms with E-state index in [1.54, 1.807) is 0 Å². The first-order valence-corrected chi connectivity index (χ1v) is 4.25. The first-order chi connectivity index (χ1) is 5.79. The second-order valence-corrected chi connectivity index (χ2v) is 4.15. The van der Waals surface area contributed by atoms with Gasteiger partial charge in [0.05, 0.1) is 6.61 Å². The molecule has 0 aliphatic heterocycles. The topological polar surface area (TPSA) is 66.8 Å². The molecule has 0 saturated heterocycles. The molecule has 0 fully saturated rings. The highest BCUT2D eigenvalue weighted by molar-refractivity contribution is 5.66.